The number of hydrogen-bond donors (Lipinski definition) is 0. The number of nitrogens with zero attached hydrogens (tertiary/aromatic N) is 1. The van der Waals surface area contributed by atoms with Crippen LogP contribution in [-0.2, 0) is 4.74 Å². The predicted molar refractivity (Wildman–Crippen MR) is 124 cm³/mol. The number of ketones is 1. The van der Waals surface area contributed by atoms with Gasteiger partial charge in [-0.3, -0.25) is 4.79 Å². The lowest BCUT2D eigenvalue weighted by Gasteiger charge is -2.03. The van der Waals surface area contributed by atoms with Crippen LogP contribution in [0.3, 0.4) is 0 Å². The van der Waals surface area contributed by atoms with Crippen LogP contribution in [0.15, 0.2) is 71.1 Å². The van der Waals surface area contributed by atoms with Crippen molar-refractivity contribution in [3.05, 3.63) is 82.9 Å². The van der Waals surface area contributed by atoms with E-state index in [1.54, 1.807) is 30.8 Å². The summed E-state index contributed by atoms with van der Waals surface area (Å²) in [5, 5.41) is 0.682. The van der Waals surface area contributed by atoms with Gasteiger partial charge in [0.25, 0.3) is 0 Å². The molecule has 4 aromatic rings. The fraction of sp³-hybridized carbons (Fsp3) is 0.167. The van der Waals surface area contributed by atoms with Crippen LogP contribution in [-0.4, -0.2) is 28.5 Å². The molecule has 3 aromatic heterocycles. The van der Waals surface area contributed by atoms with E-state index < -0.39 is 5.97 Å². The van der Waals surface area contributed by atoms with E-state index >= 15 is 0 Å². The maximum absolute atomic E-state index is 13.4. The van der Waals surface area contributed by atoms with Gasteiger partial charge in [-0.05, 0) is 26.0 Å². The zero-order valence-electron chi connectivity index (χ0n) is 16.8. The quantitative estimate of drug-likeness (QED) is 0.149. The number of rotatable bonds is 7. The maximum atomic E-state index is 13.4. The number of fused-ring (bicyclic) bond motifs is 3. The molecule has 6 heteroatoms. The van der Waals surface area contributed by atoms with Crippen molar-refractivity contribution in [2.24, 2.45) is 0 Å². The number of ether oxygens (including phenoxy) is 1. The Morgan fingerprint density at radius 1 is 1.13 bits per heavy atom. The zero-order chi connectivity index (χ0) is 21.1. The first-order chi connectivity index (χ1) is 14.7. The second-order valence-electron chi connectivity index (χ2n) is 6.57. The van der Waals surface area contributed by atoms with Crippen LogP contribution in [0, 0.1) is 0 Å². The van der Waals surface area contributed by atoms with Gasteiger partial charge in [0.1, 0.15) is 0 Å². The third-order valence-corrected chi connectivity index (χ3v) is 7.12. The molecule has 0 amide bonds. The van der Waals surface area contributed by atoms with Crippen LogP contribution in [0.2, 0.25) is 0 Å². The lowest BCUT2D eigenvalue weighted by molar-refractivity contribution is 0.0531. The number of carbonyl (C=O) groups excluding carboxylic acids is 2. The smallest absolute Gasteiger partial charge is 0.341 e. The van der Waals surface area contributed by atoms with Gasteiger partial charge in [-0.15, -0.1) is 23.1 Å². The van der Waals surface area contributed by atoms with Crippen molar-refractivity contribution in [3.63, 3.8) is 0 Å². The average Bonchev–Trinajstić information content (AvgIpc) is 3.30. The molecule has 3 heterocycles. The van der Waals surface area contributed by atoms with Gasteiger partial charge < -0.3 is 9.14 Å². The summed E-state index contributed by atoms with van der Waals surface area (Å²) in [5.74, 6) is 0.311. The number of aromatic nitrogens is 1. The predicted octanol–water partition coefficient (Wildman–Crippen LogP) is 6.23. The van der Waals surface area contributed by atoms with E-state index in [0.29, 0.717) is 21.4 Å². The van der Waals surface area contributed by atoms with Crippen LogP contribution in [0.5, 0.6) is 0 Å². The topological polar surface area (TPSA) is 47.8 Å². The van der Waals surface area contributed by atoms with Gasteiger partial charge in [0, 0.05) is 22.9 Å². The van der Waals surface area contributed by atoms with Gasteiger partial charge in [-0.2, -0.15) is 0 Å². The van der Waals surface area contributed by atoms with Crippen LogP contribution >= 0.6 is 23.1 Å². The third-order valence-electron chi connectivity index (χ3n) is 4.73. The van der Waals surface area contributed by atoms with E-state index in [-0.39, 0.29) is 12.4 Å². The largest absolute Gasteiger partial charge is 0.462 e. The molecule has 1 aromatic carbocycles. The summed E-state index contributed by atoms with van der Waals surface area (Å²) in [6, 6.07) is 14.9. The highest BCUT2D eigenvalue weighted by Crippen LogP contribution is 2.43. The molecule has 0 unspecified atom stereocenters. The van der Waals surface area contributed by atoms with Crippen molar-refractivity contribution < 1.29 is 14.3 Å². The van der Waals surface area contributed by atoms with Crippen LogP contribution < -0.4 is 0 Å². The SMILES string of the molecule is C/C=C/CSc1sc(C(=O)c2ccccc2)c2c(C(=O)OCC)c3ccccn3c12. The summed E-state index contributed by atoms with van der Waals surface area (Å²) in [6.07, 6.45) is 6.02. The minimum Gasteiger partial charge on any atom is -0.462 e. The van der Waals surface area contributed by atoms with Gasteiger partial charge in [-0.1, -0.05) is 48.6 Å². The summed E-state index contributed by atoms with van der Waals surface area (Å²) in [4.78, 5) is 27.0. The number of esters is 1. The molecule has 0 aliphatic carbocycles. The van der Waals surface area contributed by atoms with Gasteiger partial charge in [0.05, 0.1) is 32.3 Å². The molecular weight excluding hydrogens is 414 g/mol. The fourth-order valence-electron chi connectivity index (χ4n) is 3.43. The molecule has 0 fully saturated rings. The van der Waals surface area contributed by atoms with Crippen molar-refractivity contribution in [2.45, 2.75) is 18.1 Å². The minimum absolute atomic E-state index is 0.0788. The molecule has 0 saturated carbocycles. The Balaban J connectivity index is 2.03. The Morgan fingerprint density at radius 2 is 1.90 bits per heavy atom. The van der Waals surface area contributed by atoms with Crippen molar-refractivity contribution in [1.82, 2.24) is 4.40 Å². The highest BCUT2D eigenvalue weighted by Gasteiger charge is 2.29. The monoisotopic (exact) mass is 435 g/mol. The standard InChI is InChI=1S/C24H21NO3S2/c1-3-5-15-29-24-20-19(22(30-24)21(26)16-11-7-6-8-12-16)18(23(27)28-4-2)17-13-9-10-14-25(17)20/h3,5-14H,4,15H2,1-2H3/b5-3+. The molecule has 4 nitrogen and oxygen atoms in total. The molecule has 0 saturated heterocycles. The lowest BCUT2D eigenvalue weighted by Crippen LogP contribution is -2.06. The summed E-state index contributed by atoms with van der Waals surface area (Å²) in [7, 11) is 0. The summed E-state index contributed by atoms with van der Waals surface area (Å²) >= 11 is 3.12. The lowest BCUT2D eigenvalue weighted by atomic mass is 10.1. The second-order valence-corrected chi connectivity index (χ2v) is 8.88. The maximum Gasteiger partial charge on any atom is 0.341 e. The number of allylic oxidation sites excluding steroid dienone is 1. The number of pyridine rings is 1. The van der Waals surface area contributed by atoms with Gasteiger partial charge in [0.2, 0.25) is 5.78 Å². The van der Waals surface area contributed by atoms with Gasteiger partial charge in [0.15, 0.2) is 0 Å². The van der Waals surface area contributed by atoms with Crippen molar-refractivity contribution in [1.29, 1.82) is 0 Å². The Bertz CT molecular complexity index is 1250. The Kier molecular flexibility index (Phi) is 6.06. The van der Waals surface area contributed by atoms with Gasteiger partial charge >= 0.3 is 5.97 Å². The normalized spacial score (nSPS) is 11.5. The summed E-state index contributed by atoms with van der Waals surface area (Å²) < 4.78 is 8.38. The molecule has 0 atom stereocenters. The summed E-state index contributed by atoms with van der Waals surface area (Å²) in [6.45, 7) is 4.05. The highest BCUT2D eigenvalue weighted by molar-refractivity contribution is 8.01. The molecular formula is C24H21NO3S2. The van der Waals surface area contributed by atoms with E-state index in [1.165, 1.54) is 11.3 Å². The van der Waals surface area contributed by atoms with E-state index in [1.807, 2.05) is 60.0 Å². The number of hydrogen-bond acceptors (Lipinski definition) is 5. The van der Waals surface area contributed by atoms with Crippen LogP contribution in [0.1, 0.15) is 39.4 Å². The molecule has 4 rings (SSSR count). The first kappa shape index (κ1) is 20.4. The molecule has 0 aliphatic rings. The highest BCUT2D eigenvalue weighted by atomic mass is 32.2. The van der Waals surface area contributed by atoms with Crippen molar-refractivity contribution >= 4 is 51.3 Å². The number of benzene rings is 1. The molecule has 152 valence electrons. The van der Waals surface area contributed by atoms with Crippen LogP contribution in [0.4, 0.5) is 0 Å². The summed E-state index contributed by atoms with van der Waals surface area (Å²) in [5.41, 5.74) is 2.72. The molecule has 0 spiro atoms. The minimum atomic E-state index is -0.402. The molecule has 0 radical (unpaired) electrons. The number of thioether (sulfide) groups is 1. The second kappa shape index (κ2) is 8.90. The zero-order valence-corrected chi connectivity index (χ0v) is 18.4. The Hall–Kier alpha value is -2.83. The van der Waals surface area contributed by atoms with Gasteiger partial charge in [-0.25, -0.2) is 4.79 Å². The number of thiophene rings is 1. The van der Waals surface area contributed by atoms with E-state index in [2.05, 4.69) is 6.08 Å². The van der Waals surface area contributed by atoms with Crippen molar-refractivity contribution in [3.8, 4) is 0 Å². The third kappa shape index (κ3) is 3.57. The molecule has 0 aliphatic heterocycles. The number of carbonyl (C=O) groups is 2. The first-order valence-corrected chi connectivity index (χ1v) is 11.5. The molecule has 0 N–H and O–H groups in total. The van der Waals surface area contributed by atoms with Crippen LogP contribution in [0.25, 0.3) is 16.4 Å². The van der Waals surface area contributed by atoms with E-state index in [4.69, 9.17) is 4.74 Å². The van der Waals surface area contributed by atoms with E-state index in [0.717, 1.165) is 21.0 Å². The molecule has 0 bridgehead atoms. The average molecular weight is 436 g/mol. The Labute approximate surface area is 183 Å². The Morgan fingerprint density at radius 3 is 2.63 bits per heavy atom. The van der Waals surface area contributed by atoms with E-state index in [9.17, 15) is 9.59 Å². The van der Waals surface area contributed by atoms with Crippen molar-refractivity contribution in [2.75, 3.05) is 12.4 Å². The molecule has 30 heavy (non-hydrogen) atoms. The fourth-order valence-corrected chi connectivity index (χ4v) is 5.89. The first-order valence-electron chi connectivity index (χ1n) is 9.73.